The predicted octanol–water partition coefficient (Wildman–Crippen LogP) is 3.54. The maximum atomic E-state index is 5.87. The first kappa shape index (κ1) is 12.9. The zero-order valence-electron chi connectivity index (χ0n) is 11.2. The number of nitrogens with zero attached hydrogens (tertiary/aromatic N) is 1. The lowest BCUT2D eigenvalue weighted by molar-refractivity contribution is 0.301. The fourth-order valence-corrected chi connectivity index (χ4v) is 2.79. The molecule has 4 heteroatoms. The van der Waals surface area contributed by atoms with Gasteiger partial charge in [0.15, 0.2) is 0 Å². The number of ether oxygens (including phenoxy) is 1. The third-order valence-corrected chi connectivity index (χ3v) is 3.94. The molecule has 0 saturated carbocycles. The van der Waals surface area contributed by atoms with Crippen LogP contribution >= 0.6 is 11.3 Å². The molecule has 3 nitrogen and oxygen atoms in total. The molecule has 0 amide bonds. The van der Waals surface area contributed by atoms with E-state index in [2.05, 4.69) is 11.9 Å². The van der Waals surface area contributed by atoms with E-state index in [0.29, 0.717) is 6.61 Å². The number of nitrogen functional groups attached to an aromatic ring is 1. The fraction of sp³-hybridized carbons (Fsp3) is 0.357. The Balaban J connectivity index is 2.15. The highest BCUT2D eigenvalue weighted by Crippen LogP contribution is 2.27. The van der Waals surface area contributed by atoms with Gasteiger partial charge in [0, 0.05) is 10.6 Å². The summed E-state index contributed by atoms with van der Waals surface area (Å²) in [7, 11) is 0. The lowest BCUT2D eigenvalue weighted by Gasteiger charge is -2.11. The molecule has 0 radical (unpaired) electrons. The van der Waals surface area contributed by atoms with Crippen molar-refractivity contribution in [1.29, 1.82) is 0 Å². The molecule has 1 aromatic carbocycles. The summed E-state index contributed by atoms with van der Waals surface area (Å²) in [6.45, 7) is 8.64. The Morgan fingerprint density at radius 1 is 1.17 bits per heavy atom. The Bertz CT molecular complexity index is 533. The van der Waals surface area contributed by atoms with Gasteiger partial charge in [0.2, 0.25) is 0 Å². The van der Waals surface area contributed by atoms with Gasteiger partial charge in [-0.05, 0) is 51.0 Å². The van der Waals surface area contributed by atoms with E-state index in [1.807, 2.05) is 32.9 Å². The van der Waals surface area contributed by atoms with Crippen LogP contribution < -0.4 is 10.5 Å². The Labute approximate surface area is 112 Å². The van der Waals surface area contributed by atoms with Gasteiger partial charge in [-0.2, -0.15) is 0 Å². The van der Waals surface area contributed by atoms with Crippen molar-refractivity contribution in [2.45, 2.75) is 34.3 Å². The van der Waals surface area contributed by atoms with Crippen molar-refractivity contribution < 1.29 is 4.74 Å². The van der Waals surface area contributed by atoms with E-state index in [4.69, 9.17) is 10.5 Å². The summed E-state index contributed by atoms with van der Waals surface area (Å²) in [4.78, 5) is 5.72. The van der Waals surface area contributed by atoms with Gasteiger partial charge in [-0.15, -0.1) is 11.3 Å². The molecular weight excluding hydrogens is 244 g/mol. The van der Waals surface area contributed by atoms with Crippen LogP contribution in [0.3, 0.4) is 0 Å². The quantitative estimate of drug-likeness (QED) is 0.861. The molecule has 96 valence electrons. The minimum absolute atomic E-state index is 0.519. The Morgan fingerprint density at radius 2 is 1.78 bits per heavy atom. The molecule has 2 aromatic rings. The normalized spacial score (nSPS) is 10.7. The van der Waals surface area contributed by atoms with Gasteiger partial charge in [0.05, 0.1) is 5.69 Å². The van der Waals surface area contributed by atoms with E-state index in [-0.39, 0.29) is 0 Å². The van der Waals surface area contributed by atoms with Crippen LogP contribution in [0.25, 0.3) is 0 Å². The lowest BCUT2D eigenvalue weighted by atomic mass is 10.1. The van der Waals surface area contributed by atoms with Crippen molar-refractivity contribution in [3.05, 3.63) is 38.8 Å². The van der Waals surface area contributed by atoms with Gasteiger partial charge in [-0.25, -0.2) is 4.98 Å². The number of hydrogen-bond acceptors (Lipinski definition) is 4. The number of benzene rings is 1. The maximum absolute atomic E-state index is 5.87. The summed E-state index contributed by atoms with van der Waals surface area (Å²) < 4.78 is 5.87. The molecule has 0 spiro atoms. The molecule has 0 bridgehead atoms. The van der Waals surface area contributed by atoms with E-state index in [1.165, 1.54) is 4.88 Å². The monoisotopic (exact) mass is 262 g/mol. The molecule has 1 aromatic heterocycles. The number of anilines is 1. The molecule has 0 unspecified atom stereocenters. The average molecular weight is 262 g/mol. The van der Waals surface area contributed by atoms with Crippen molar-refractivity contribution >= 4 is 17.0 Å². The number of nitrogens with two attached hydrogens (primary N) is 1. The second-order valence-electron chi connectivity index (χ2n) is 4.52. The molecule has 2 rings (SSSR count). The first-order chi connectivity index (χ1) is 8.47. The SMILES string of the molecule is Cc1cc(N)cc(C)c1OCc1nc(C)c(C)s1. The molecule has 0 atom stereocenters. The van der Waals surface area contributed by atoms with Gasteiger partial charge in [-0.1, -0.05) is 0 Å². The van der Waals surface area contributed by atoms with Crippen LogP contribution in [0.2, 0.25) is 0 Å². The topological polar surface area (TPSA) is 48.1 Å². The van der Waals surface area contributed by atoms with E-state index in [9.17, 15) is 0 Å². The van der Waals surface area contributed by atoms with Crippen molar-refractivity contribution in [2.24, 2.45) is 0 Å². The molecule has 0 aliphatic heterocycles. The standard InChI is InChI=1S/C14H18N2OS/c1-8-5-12(15)6-9(2)14(8)17-7-13-16-10(3)11(4)18-13/h5-6H,7,15H2,1-4H3. The van der Waals surface area contributed by atoms with E-state index < -0.39 is 0 Å². The summed E-state index contributed by atoms with van der Waals surface area (Å²) >= 11 is 1.69. The Morgan fingerprint density at radius 3 is 2.28 bits per heavy atom. The summed E-state index contributed by atoms with van der Waals surface area (Å²) in [5.41, 5.74) is 9.79. The number of rotatable bonds is 3. The Hall–Kier alpha value is -1.55. The average Bonchev–Trinajstić information content (AvgIpc) is 2.56. The van der Waals surface area contributed by atoms with Crippen molar-refractivity contribution in [1.82, 2.24) is 4.98 Å². The highest BCUT2D eigenvalue weighted by atomic mass is 32.1. The molecule has 0 saturated heterocycles. The van der Waals surface area contributed by atoms with Gasteiger partial charge in [0.25, 0.3) is 0 Å². The van der Waals surface area contributed by atoms with Gasteiger partial charge in [-0.3, -0.25) is 0 Å². The van der Waals surface area contributed by atoms with Crippen LogP contribution in [0.5, 0.6) is 5.75 Å². The molecular formula is C14H18N2OS. The van der Waals surface area contributed by atoms with Crippen LogP contribution in [0, 0.1) is 27.7 Å². The molecule has 0 aliphatic rings. The summed E-state index contributed by atoms with van der Waals surface area (Å²) in [6, 6.07) is 3.86. The smallest absolute Gasteiger partial charge is 0.140 e. The Kier molecular flexibility index (Phi) is 3.57. The lowest BCUT2D eigenvalue weighted by Crippen LogP contribution is -2.00. The largest absolute Gasteiger partial charge is 0.486 e. The fourth-order valence-electron chi connectivity index (χ4n) is 1.95. The number of thiazole rings is 1. The minimum atomic E-state index is 0.519. The first-order valence-electron chi connectivity index (χ1n) is 5.90. The van der Waals surface area contributed by atoms with Crippen molar-refractivity contribution in [3.63, 3.8) is 0 Å². The highest BCUT2D eigenvalue weighted by molar-refractivity contribution is 7.11. The second kappa shape index (κ2) is 4.98. The van der Waals surface area contributed by atoms with Crippen molar-refractivity contribution in [2.75, 3.05) is 5.73 Å². The first-order valence-corrected chi connectivity index (χ1v) is 6.71. The molecule has 18 heavy (non-hydrogen) atoms. The van der Waals surface area contributed by atoms with E-state index in [1.54, 1.807) is 11.3 Å². The van der Waals surface area contributed by atoms with E-state index >= 15 is 0 Å². The number of aromatic nitrogens is 1. The van der Waals surface area contributed by atoms with Crippen LogP contribution in [-0.2, 0) is 6.61 Å². The molecule has 2 N–H and O–H groups in total. The molecule has 1 heterocycles. The predicted molar refractivity (Wildman–Crippen MR) is 76.2 cm³/mol. The van der Waals surface area contributed by atoms with Crippen LogP contribution in [0.4, 0.5) is 5.69 Å². The summed E-state index contributed by atoms with van der Waals surface area (Å²) in [5.74, 6) is 0.912. The van der Waals surface area contributed by atoms with Gasteiger partial charge >= 0.3 is 0 Å². The van der Waals surface area contributed by atoms with Crippen LogP contribution in [-0.4, -0.2) is 4.98 Å². The summed E-state index contributed by atoms with van der Waals surface area (Å²) in [5, 5.41) is 1.01. The zero-order chi connectivity index (χ0) is 13.3. The van der Waals surface area contributed by atoms with Gasteiger partial charge in [0.1, 0.15) is 17.4 Å². The third kappa shape index (κ3) is 2.64. The maximum Gasteiger partial charge on any atom is 0.140 e. The van der Waals surface area contributed by atoms with E-state index in [0.717, 1.165) is 33.3 Å². The molecule has 0 fully saturated rings. The second-order valence-corrected chi connectivity index (χ2v) is 5.81. The third-order valence-electron chi connectivity index (χ3n) is 2.90. The number of aryl methyl sites for hydroxylation is 4. The van der Waals surface area contributed by atoms with Gasteiger partial charge < -0.3 is 10.5 Å². The zero-order valence-corrected chi connectivity index (χ0v) is 12.0. The number of hydrogen-bond donors (Lipinski definition) is 1. The van der Waals surface area contributed by atoms with Crippen LogP contribution in [0.1, 0.15) is 26.7 Å². The molecule has 0 aliphatic carbocycles. The van der Waals surface area contributed by atoms with Crippen molar-refractivity contribution in [3.8, 4) is 5.75 Å². The highest BCUT2D eigenvalue weighted by Gasteiger charge is 2.08. The minimum Gasteiger partial charge on any atom is -0.486 e. The van der Waals surface area contributed by atoms with Crippen LogP contribution in [0.15, 0.2) is 12.1 Å². The summed E-state index contributed by atoms with van der Waals surface area (Å²) in [6.07, 6.45) is 0.